The van der Waals surface area contributed by atoms with E-state index < -0.39 is 0 Å². The van der Waals surface area contributed by atoms with Crippen LogP contribution in [0, 0.1) is 0 Å². The highest BCUT2D eigenvalue weighted by molar-refractivity contribution is 7.80. The average Bonchev–Trinajstić information content (AvgIpc) is 2.33. The van der Waals surface area contributed by atoms with E-state index >= 15 is 0 Å². The molecule has 0 heterocycles. The summed E-state index contributed by atoms with van der Waals surface area (Å²) < 4.78 is 5.73. The SMILES string of the molecule is CC(C)(C)c1ccc(OCCCCCCS)cc1. The quantitative estimate of drug-likeness (QED) is 0.548. The van der Waals surface area contributed by atoms with Gasteiger partial charge in [-0.05, 0) is 41.7 Å². The van der Waals surface area contributed by atoms with Crippen molar-refractivity contribution in [2.75, 3.05) is 12.4 Å². The van der Waals surface area contributed by atoms with Crippen LogP contribution in [0.5, 0.6) is 5.75 Å². The zero-order valence-corrected chi connectivity index (χ0v) is 12.8. The minimum atomic E-state index is 0.214. The summed E-state index contributed by atoms with van der Waals surface area (Å²) in [6, 6.07) is 8.48. The first-order chi connectivity index (χ1) is 8.54. The number of hydrogen-bond acceptors (Lipinski definition) is 2. The summed E-state index contributed by atoms with van der Waals surface area (Å²) in [4.78, 5) is 0. The van der Waals surface area contributed by atoms with Gasteiger partial charge in [-0.1, -0.05) is 45.7 Å². The summed E-state index contributed by atoms with van der Waals surface area (Å²) in [5.41, 5.74) is 1.56. The van der Waals surface area contributed by atoms with E-state index in [1.807, 2.05) is 0 Å². The van der Waals surface area contributed by atoms with Gasteiger partial charge >= 0.3 is 0 Å². The molecule has 0 aliphatic heterocycles. The van der Waals surface area contributed by atoms with Crippen molar-refractivity contribution >= 4 is 12.6 Å². The lowest BCUT2D eigenvalue weighted by molar-refractivity contribution is 0.305. The van der Waals surface area contributed by atoms with E-state index in [9.17, 15) is 0 Å². The lowest BCUT2D eigenvalue weighted by Crippen LogP contribution is -2.10. The molecule has 1 nitrogen and oxygen atoms in total. The molecule has 0 atom stereocenters. The molecule has 0 N–H and O–H groups in total. The summed E-state index contributed by atoms with van der Waals surface area (Å²) in [5, 5.41) is 0. The number of benzene rings is 1. The maximum atomic E-state index is 5.73. The summed E-state index contributed by atoms with van der Waals surface area (Å²) >= 11 is 4.20. The molecular weight excluding hydrogens is 240 g/mol. The Bertz CT molecular complexity index is 324. The molecule has 0 radical (unpaired) electrons. The minimum Gasteiger partial charge on any atom is -0.494 e. The highest BCUT2D eigenvalue weighted by Gasteiger charge is 2.12. The fourth-order valence-electron chi connectivity index (χ4n) is 1.81. The van der Waals surface area contributed by atoms with E-state index in [1.54, 1.807) is 0 Å². The van der Waals surface area contributed by atoms with Crippen LogP contribution in [-0.2, 0) is 5.41 Å². The second-order valence-corrected chi connectivity index (χ2v) is 6.21. The van der Waals surface area contributed by atoms with Gasteiger partial charge in [0.1, 0.15) is 5.75 Å². The van der Waals surface area contributed by atoms with E-state index in [0.29, 0.717) is 0 Å². The highest BCUT2D eigenvalue weighted by atomic mass is 32.1. The first kappa shape index (κ1) is 15.4. The van der Waals surface area contributed by atoms with Gasteiger partial charge in [0.2, 0.25) is 0 Å². The monoisotopic (exact) mass is 266 g/mol. The van der Waals surface area contributed by atoms with Gasteiger partial charge in [-0.15, -0.1) is 0 Å². The molecular formula is C16H26OS. The van der Waals surface area contributed by atoms with E-state index in [-0.39, 0.29) is 5.41 Å². The average molecular weight is 266 g/mol. The van der Waals surface area contributed by atoms with Crippen LogP contribution in [0.15, 0.2) is 24.3 Å². The van der Waals surface area contributed by atoms with E-state index in [1.165, 1.54) is 24.8 Å². The van der Waals surface area contributed by atoms with Crippen molar-refractivity contribution in [3.63, 3.8) is 0 Å². The Labute approximate surface area is 117 Å². The predicted molar refractivity (Wildman–Crippen MR) is 83.0 cm³/mol. The maximum absolute atomic E-state index is 5.73. The third kappa shape index (κ3) is 5.81. The van der Waals surface area contributed by atoms with Crippen molar-refractivity contribution in [3.05, 3.63) is 29.8 Å². The topological polar surface area (TPSA) is 9.23 Å². The van der Waals surface area contributed by atoms with E-state index in [4.69, 9.17) is 4.74 Å². The molecule has 1 aromatic carbocycles. The number of unbranched alkanes of at least 4 members (excludes halogenated alkanes) is 3. The van der Waals surface area contributed by atoms with Gasteiger partial charge in [0.15, 0.2) is 0 Å². The van der Waals surface area contributed by atoms with Crippen molar-refractivity contribution < 1.29 is 4.74 Å². The molecule has 0 saturated heterocycles. The standard InChI is InChI=1S/C16H26OS/c1-16(2,3)14-8-10-15(11-9-14)17-12-6-4-5-7-13-18/h8-11,18H,4-7,12-13H2,1-3H3. The molecule has 0 aliphatic rings. The second-order valence-electron chi connectivity index (χ2n) is 5.76. The molecule has 18 heavy (non-hydrogen) atoms. The molecule has 0 amide bonds. The van der Waals surface area contributed by atoms with Crippen molar-refractivity contribution in [2.45, 2.75) is 51.9 Å². The Morgan fingerprint density at radius 1 is 0.944 bits per heavy atom. The third-order valence-electron chi connectivity index (χ3n) is 3.04. The van der Waals surface area contributed by atoms with Crippen LogP contribution < -0.4 is 4.74 Å². The Morgan fingerprint density at radius 2 is 1.56 bits per heavy atom. The zero-order chi connectivity index (χ0) is 13.4. The lowest BCUT2D eigenvalue weighted by Gasteiger charge is -2.19. The smallest absolute Gasteiger partial charge is 0.119 e. The summed E-state index contributed by atoms with van der Waals surface area (Å²) in [6.45, 7) is 7.50. The second kappa shape index (κ2) is 7.73. The molecule has 0 bridgehead atoms. The summed E-state index contributed by atoms with van der Waals surface area (Å²) in [5.74, 6) is 1.98. The van der Waals surface area contributed by atoms with Crippen molar-refractivity contribution in [1.29, 1.82) is 0 Å². The van der Waals surface area contributed by atoms with Gasteiger partial charge in [-0.3, -0.25) is 0 Å². The van der Waals surface area contributed by atoms with E-state index in [0.717, 1.165) is 24.5 Å². The Kier molecular flexibility index (Phi) is 6.62. The van der Waals surface area contributed by atoms with E-state index in [2.05, 4.69) is 57.7 Å². The maximum Gasteiger partial charge on any atom is 0.119 e. The Hall–Kier alpha value is -0.630. The number of ether oxygens (including phenoxy) is 1. The van der Waals surface area contributed by atoms with Gasteiger partial charge in [0, 0.05) is 0 Å². The van der Waals surface area contributed by atoms with Crippen LogP contribution >= 0.6 is 12.6 Å². The molecule has 2 heteroatoms. The van der Waals surface area contributed by atoms with Crippen LogP contribution in [0.4, 0.5) is 0 Å². The van der Waals surface area contributed by atoms with Gasteiger partial charge in [0.25, 0.3) is 0 Å². The number of hydrogen-bond donors (Lipinski definition) is 1. The molecule has 0 saturated carbocycles. The van der Waals surface area contributed by atoms with Crippen molar-refractivity contribution in [2.24, 2.45) is 0 Å². The largest absolute Gasteiger partial charge is 0.494 e. The van der Waals surface area contributed by atoms with Crippen LogP contribution in [0.2, 0.25) is 0 Å². The highest BCUT2D eigenvalue weighted by Crippen LogP contribution is 2.24. The van der Waals surface area contributed by atoms with Crippen LogP contribution in [-0.4, -0.2) is 12.4 Å². The fourth-order valence-corrected chi connectivity index (χ4v) is 2.03. The molecule has 0 aliphatic carbocycles. The van der Waals surface area contributed by atoms with Crippen molar-refractivity contribution in [3.8, 4) is 5.75 Å². The zero-order valence-electron chi connectivity index (χ0n) is 11.9. The number of thiol groups is 1. The van der Waals surface area contributed by atoms with Gasteiger partial charge in [-0.2, -0.15) is 12.6 Å². The van der Waals surface area contributed by atoms with Gasteiger partial charge in [-0.25, -0.2) is 0 Å². The van der Waals surface area contributed by atoms with Crippen LogP contribution in [0.25, 0.3) is 0 Å². The Balaban J connectivity index is 2.27. The predicted octanol–water partition coefficient (Wildman–Crippen LogP) is 4.85. The molecule has 0 aromatic heterocycles. The summed E-state index contributed by atoms with van der Waals surface area (Å²) in [7, 11) is 0. The normalized spacial score (nSPS) is 11.6. The molecule has 0 unspecified atom stereocenters. The molecule has 0 fully saturated rings. The Morgan fingerprint density at radius 3 is 2.11 bits per heavy atom. The fraction of sp³-hybridized carbons (Fsp3) is 0.625. The molecule has 0 spiro atoms. The van der Waals surface area contributed by atoms with Crippen LogP contribution in [0.1, 0.15) is 52.0 Å². The van der Waals surface area contributed by atoms with Crippen LogP contribution in [0.3, 0.4) is 0 Å². The number of rotatable bonds is 7. The van der Waals surface area contributed by atoms with Gasteiger partial charge < -0.3 is 4.74 Å². The lowest BCUT2D eigenvalue weighted by atomic mass is 9.87. The van der Waals surface area contributed by atoms with Gasteiger partial charge in [0.05, 0.1) is 6.61 Å². The molecule has 1 rings (SSSR count). The first-order valence-electron chi connectivity index (χ1n) is 6.88. The third-order valence-corrected chi connectivity index (χ3v) is 3.36. The van der Waals surface area contributed by atoms with Crippen molar-refractivity contribution in [1.82, 2.24) is 0 Å². The minimum absolute atomic E-state index is 0.214. The molecule has 1 aromatic rings. The first-order valence-corrected chi connectivity index (χ1v) is 7.51. The molecule has 102 valence electrons. The summed E-state index contributed by atoms with van der Waals surface area (Å²) in [6.07, 6.45) is 4.84.